The van der Waals surface area contributed by atoms with E-state index in [9.17, 15) is 14.3 Å². The fourth-order valence-electron chi connectivity index (χ4n) is 3.62. The average Bonchev–Trinajstić information content (AvgIpc) is 3.19. The first-order valence-electron chi connectivity index (χ1n) is 10.1. The first kappa shape index (κ1) is 21.7. The van der Waals surface area contributed by atoms with Gasteiger partial charge in [0.25, 0.3) is 5.91 Å². The Hall–Kier alpha value is -2.05. The van der Waals surface area contributed by atoms with Crippen LogP contribution in [0.4, 0.5) is 4.39 Å². The van der Waals surface area contributed by atoms with Gasteiger partial charge in [0.05, 0.1) is 5.56 Å². The van der Waals surface area contributed by atoms with Gasteiger partial charge in [-0.15, -0.1) is 0 Å². The molecular formula is C23H28FNO3S. The number of hydrogen-bond donors (Lipinski definition) is 2. The van der Waals surface area contributed by atoms with Gasteiger partial charge in [-0.3, -0.25) is 4.79 Å². The molecule has 2 aromatic rings. The molecule has 3 rings (SSSR count). The van der Waals surface area contributed by atoms with Gasteiger partial charge in [0, 0.05) is 17.2 Å². The molecule has 0 saturated carbocycles. The largest absolute Gasteiger partial charge is 0.464 e. The monoisotopic (exact) mass is 417 g/mol. The van der Waals surface area contributed by atoms with Gasteiger partial charge in [0.2, 0.25) is 0 Å². The lowest BCUT2D eigenvalue weighted by Gasteiger charge is -2.17. The van der Waals surface area contributed by atoms with E-state index >= 15 is 0 Å². The van der Waals surface area contributed by atoms with E-state index < -0.39 is 12.2 Å². The van der Waals surface area contributed by atoms with E-state index in [1.807, 2.05) is 18.7 Å². The summed E-state index contributed by atoms with van der Waals surface area (Å²) in [5.41, 5.74) is 7.36. The highest BCUT2D eigenvalue weighted by Crippen LogP contribution is 2.31. The van der Waals surface area contributed by atoms with E-state index in [0.29, 0.717) is 17.5 Å². The van der Waals surface area contributed by atoms with Crippen LogP contribution < -0.4 is 10.5 Å². The molecule has 0 aliphatic carbocycles. The number of aliphatic hydroxyl groups is 1. The molecule has 0 radical (unpaired) electrons. The zero-order chi connectivity index (χ0) is 20.8. The van der Waals surface area contributed by atoms with Crippen LogP contribution in [0.25, 0.3) is 11.1 Å². The van der Waals surface area contributed by atoms with Gasteiger partial charge in [-0.1, -0.05) is 24.6 Å². The van der Waals surface area contributed by atoms with Crippen LogP contribution in [-0.4, -0.2) is 28.3 Å². The lowest BCUT2D eigenvalue weighted by molar-refractivity contribution is -0.0249. The molecule has 3 N–H and O–H groups in total. The van der Waals surface area contributed by atoms with E-state index in [-0.39, 0.29) is 17.1 Å². The van der Waals surface area contributed by atoms with E-state index in [4.69, 9.17) is 10.5 Å². The fourth-order valence-corrected chi connectivity index (χ4v) is 4.95. The Bertz CT molecular complexity index is 852. The maximum Gasteiger partial charge on any atom is 0.252 e. The smallest absolute Gasteiger partial charge is 0.252 e. The second-order valence-electron chi connectivity index (χ2n) is 7.55. The third-order valence-electron chi connectivity index (χ3n) is 5.19. The lowest BCUT2D eigenvalue weighted by atomic mass is 10.0. The van der Waals surface area contributed by atoms with E-state index in [1.54, 1.807) is 24.3 Å². The molecule has 156 valence electrons. The van der Waals surface area contributed by atoms with Crippen LogP contribution >= 0.6 is 11.8 Å². The van der Waals surface area contributed by atoms with Gasteiger partial charge in [-0.05, 0) is 67.7 Å². The average molecular weight is 418 g/mol. The van der Waals surface area contributed by atoms with Crippen LogP contribution in [0, 0.1) is 12.7 Å². The number of halogens is 1. The number of rotatable bonds is 9. The third-order valence-corrected chi connectivity index (χ3v) is 6.66. The summed E-state index contributed by atoms with van der Waals surface area (Å²) in [4.78, 5) is 11.9. The van der Waals surface area contributed by atoms with Crippen molar-refractivity contribution in [1.29, 1.82) is 0 Å². The van der Waals surface area contributed by atoms with Crippen LogP contribution in [0.3, 0.4) is 0 Å². The number of carbonyl (C=O) groups is 1. The summed E-state index contributed by atoms with van der Waals surface area (Å²) < 4.78 is 19.9. The van der Waals surface area contributed by atoms with Gasteiger partial charge in [-0.2, -0.15) is 11.8 Å². The molecule has 0 aromatic heterocycles. The highest BCUT2D eigenvalue weighted by molar-refractivity contribution is 8.00. The number of thioether (sulfide) groups is 1. The van der Waals surface area contributed by atoms with Gasteiger partial charge >= 0.3 is 0 Å². The molecule has 1 fully saturated rings. The zero-order valence-electron chi connectivity index (χ0n) is 16.7. The fraction of sp³-hybridized carbons (Fsp3) is 0.435. The third kappa shape index (κ3) is 5.97. The van der Waals surface area contributed by atoms with Crippen LogP contribution in [0.5, 0.6) is 5.75 Å². The van der Waals surface area contributed by atoms with Crippen molar-refractivity contribution >= 4 is 17.7 Å². The molecule has 0 bridgehead atoms. The van der Waals surface area contributed by atoms with Crippen LogP contribution in [0.2, 0.25) is 0 Å². The van der Waals surface area contributed by atoms with Crippen molar-refractivity contribution in [3.63, 3.8) is 0 Å². The summed E-state index contributed by atoms with van der Waals surface area (Å²) in [5.74, 6) is 0.427. The maximum atomic E-state index is 14.3. The number of aryl methyl sites for hydroxylation is 1. The summed E-state index contributed by atoms with van der Waals surface area (Å²) in [5, 5.41) is 11.0. The molecule has 29 heavy (non-hydrogen) atoms. The van der Waals surface area contributed by atoms with Gasteiger partial charge in [0.1, 0.15) is 11.6 Å². The standard InChI is InChI=1S/C23H28FNO3S/c1-15-8-10-18(20(24)13-15)16-9-11-21(19(14-16)23(25)27)28-22(26)7-3-2-5-17-6-4-12-29-17/h8-11,13-14,17,22,26H,2-7,12H2,1H3,(H2,25,27). The normalized spacial score (nSPS) is 17.3. The van der Waals surface area contributed by atoms with Crippen molar-refractivity contribution in [1.82, 2.24) is 0 Å². The summed E-state index contributed by atoms with van der Waals surface area (Å²) in [6.45, 7) is 1.81. The van der Waals surface area contributed by atoms with Crippen molar-refractivity contribution < 1.29 is 19.0 Å². The summed E-state index contributed by atoms with van der Waals surface area (Å²) in [7, 11) is 0. The number of hydrogen-bond acceptors (Lipinski definition) is 4. The molecule has 2 atom stereocenters. The van der Waals surface area contributed by atoms with Crippen molar-refractivity contribution in [3.05, 3.63) is 53.3 Å². The van der Waals surface area contributed by atoms with Gasteiger partial charge in [-0.25, -0.2) is 4.39 Å². The quantitative estimate of drug-likeness (QED) is 0.442. The highest BCUT2D eigenvalue weighted by atomic mass is 32.2. The number of carbonyl (C=O) groups excluding carboxylic acids is 1. The number of nitrogens with two attached hydrogens (primary N) is 1. The number of amides is 1. The van der Waals surface area contributed by atoms with Crippen molar-refractivity contribution in [2.24, 2.45) is 5.73 Å². The van der Waals surface area contributed by atoms with E-state index in [1.165, 1.54) is 37.1 Å². The highest BCUT2D eigenvalue weighted by Gasteiger charge is 2.17. The molecule has 1 amide bonds. The molecule has 2 aromatic carbocycles. The first-order valence-corrected chi connectivity index (χ1v) is 11.2. The molecule has 1 aliphatic rings. The van der Waals surface area contributed by atoms with Gasteiger partial charge < -0.3 is 15.6 Å². The van der Waals surface area contributed by atoms with E-state index in [2.05, 4.69) is 0 Å². The topological polar surface area (TPSA) is 72.6 Å². The Kier molecular flexibility index (Phi) is 7.56. The van der Waals surface area contributed by atoms with E-state index in [0.717, 1.165) is 23.7 Å². The minimum Gasteiger partial charge on any atom is -0.464 e. The van der Waals surface area contributed by atoms with Crippen LogP contribution in [-0.2, 0) is 0 Å². The summed E-state index contributed by atoms with van der Waals surface area (Å²) >= 11 is 2.04. The Morgan fingerprint density at radius 1 is 1.31 bits per heavy atom. The second kappa shape index (κ2) is 10.1. The number of ether oxygens (including phenoxy) is 1. The molecule has 1 aliphatic heterocycles. The second-order valence-corrected chi connectivity index (χ2v) is 8.96. The van der Waals surface area contributed by atoms with Crippen molar-refractivity contribution in [3.8, 4) is 16.9 Å². The summed E-state index contributed by atoms with van der Waals surface area (Å²) in [6.07, 6.45) is 5.15. The number of primary amides is 1. The summed E-state index contributed by atoms with van der Waals surface area (Å²) in [6, 6.07) is 9.66. The molecule has 0 spiro atoms. The molecular weight excluding hydrogens is 389 g/mol. The van der Waals surface area contributed by atoms with Gasteiger partial charge in [0.15, 0.2) is 6.29 Å². The maximum absolute atomic E-state index is 14.3. The predicted molar refractivity (Wildman–Crippen MR) is 116 cm³/mol. The molecule has 1 heterocycles. The first-order chi connectivity index (χ1) is 13.9. The van der Waals surface area contributed by atoms with Crippen LogP contribution in [0.15, 0.2) is 36.4 Å². The molecule has 1 saturated heterocycles. The van der Waals surface area contributed by atoms with Crippen LogP contribution in [0.1, 0.15) is 54.4 Å². The molecule has 6 heteroatoms. The van der Waals surface area contributed by atoms with Crippen molar-refractivity contribution in [2.45, 2.75) is 57.0 Å². The molecule has 4 nitrogen and oxygen atoms in total. The predicted octanol–water partition coefficient (Wildman–Crippen LogP) is 5.05. The minimum absolute atomic E-state index is 0.129. The minimum atomic E-state index is -1.01. The zero-order valence-corrected chi connectivity index (χ0v) is 17.5. The van der Waals surface area contributed by atoms with Crippen molar-refractivity contribution in [2.75, 3.05) is 5.75 Å². The lowest BCUT2D eigenvalue weighted by Crippen LogP contribution is -2.19. The Balaban J connectivity index is 1.63. The number of aliphatic hydroxyl groups excluding tert-OH is 1. The Morgan fingerprint density at radius 2 is 2.14 bits per heavy atom. The number of unbranched alkanes of at least 4 members (excludes halogenated alkanes) is 1. The Morgan fingerprint density at radius 3 is 2.83 bits per heavy atom. The Labute approximate surface area is 175 Å². The number of benzene rings is 2. The SMILES string of the molecule is Cc1ccc(-c2ccc(OC(O)CCCCC3CCCS3)c(C(N)=O)c2)c(F)c1. The molecule has 2 unspecified atom stereocenters.